The summed E-state index contributed by atoms with van der Waals surface area (Å²) in [4.78, 5) is 32.5. The molecule has 1 amide bonds. The predicted octanol–water partition coefficient (Wildman–Crippen LogP) is 2.21. The van der Waals surface area contributed by atoms with Crippen LogP contribution < -0.4 is 19.7 Å². The van der Waals surface area contributed by atoms with Crippen LogP contribution in [0.25, 0.3) is 11.0 Å². The largest absolute Gasteiger partial charge is 0.496 e. The van der Waals surface area contributed by atoms with Gasteiger partial charge in [-0.15, -0.1) is 0 Å². The van der Waals surface area contributed by atoms with Crippen LogP contribution in [0.5, 0.6) is 11.8 Å². The van der Waals surface area contributed by atoms with E-state index in [0.717, 1.165) is 48.9 Å². The molecule has 3 aliphatic rings. The molecular formula is C25H29N9O3. The van der Waals surface area contributed by atoms with Gasteiger partial charge in [0.1, 0.15) is 5.75 Å². The van der Waals surface area contributed by atoms with E-state index in [4.69, 9.17) is 14.7 Å². The zero-order valence-corrected chi connectivity index (χ0v) is 20.7. The standard InChI is InChI=1S/C25H29N9O3/c1-36-18-4-7-27-21-19(18)20(32-33-21)15-5-8-34(9-6-15)24-29-22(23(35)28-12-14-2-3-14)30-25(31-24)37-13-17-10-16(17)11-26/h4,7,14-17H,2-3,5-6,8-10,12-13H2,1H3,(H,28,35)(H,27,32,33)/t16?,17-/m1/s1. The Morgan fingerprint density at radius 2 is 2.08 bits per heavy atom. The van der Waals surface area contributed by atoms with E-state index in [2.05, 4.69) is 46.4 Å². The summed E-state index contributed by atoms with van der Waals surface area (Å²) in [5.74, 6) is 1.93. The molecule has 3 aromatic rings. The number of rotatable bonds is 9. The number of amides is 1. The number of carbonyl (C=O) groups excluding carboxylic acids is 1. The SMILES string of the molecule is COc1ccnc2n[nH]c(C3CCN(c4nc(OC[C@H]5CC5C#N)nc(C(=O)NCC5CC5)n4)CC3)c12. The molecule has 12 heteroatoms. The van der Waals surface area contributed by atoms with Crippen molar-refractivity contribution in [1.82, 2.24) is 35.5 Å². The smallest absolute Gasteiger partial charge is 0.321 e. The maximum Gasteiger partial charge on any atom is 0.321 e. The average molecular weight is 504 g/mol. The Kier molecular flexibility index (Phi) is 6.20. The third-order valence-electron chi connectivity index (χ3n) is 7.42. The number of aromatic amines is 1. The minimum atomic E-state index is -0.319. The molecule has 0 radical (unpaired) electrons. The number of nitrogens with zero attached hydrogens (tertiary/aromatic N) is 7. The predicted molar refractivity (Wildman–Crippen MR) is 132 cm³/mol. The monoisotopic (exact) mass is 503 g/mol. The molecule has 0 bridgehead atoms. The van der Waals surface area contributed by atoms with Crippen molar-refractivity contribution < 1.29 is 14.3 Å². The Hall–Kier alpha value is -4.01. The van der Waals surface area contributed by atoms with Gasteiger partial charge < -0.3 is 19.7 Å². The number of hydrogen-bond donors (Lipinski definition) is 2. The van der Waals surface area contributed by atoms with Crippen LogP contribution in [0.15, 0.2) is 12.3 Å². The lowest BCUT2D eigenvalue weighted by Crippen LogP contribution is -2.35. The number of nitriles is 1. The fraction of sp³-hybridized carbons (Fsp3) is 0.560. The lowest BCUT2D eigenvalue weighted by atomic mass is 9.92. The van der Waals surface area contributed by atoms with Gasteiger partial charge in [0, 0.05) is 37.7 Å². The first-order chi connectivity index (χ1) is 18.1. The van der Waals surface area contributed by atoms with Crippen molar-refractivity contribution in [3.63, 3.8) is 0 Å². The summed E-state index contributed by atoms with van der Waals surface area (Å²) >= 11 is 0. The molecule has 3 aromatic heterocycles. The Morgan fingerprint density at radius 3 is 2.81 bits per heavy atom. The molecule has 2 aliphatic carbocycles. The fourth-order valence-corrected chi connectivity index (χ4v) is 4.84. The molecule has 1 unspecified atom stereocenters. The van der Waals surface area contributed by atoms with Gasteiger partial charge in [-0.2, -0.15) is 25.3 Å². The summed E-state index contributed by atoms with van der Waals surface area (Å²) in [5.41, 5.74) is 1.67. The highest BCUT2D eigenvalue weighted by Gasteiger charge is 2.38. The van der Waals surface area contributed by atoms with E-state index in [0.29, 0.717) is 43.8 Å². The third-order valence-corrected chi connectivity index (χ3v) is 7.42. The number of carbonyl (C=O) groups is 1. The van der Waals surface area contributed by atoms with E-state index in [1.165, 1.54) is 0 Å². The zero-order chi connectivity index (χ0) is 25.4. The van der Waals surface area contributed by atoms with Crippen LogP contribution >= 0.6 is 0 Å². The maximum absolute atomic E-state index is 12.8. The molecule has 1 aliphatic heterocycles. The van der Waals surface area contributed by atoms with Crippen molar-refractivity contribution in [3.05, 3.63) is 23.8 Å². The molecule has 6 rings (SSSR count). The Bertz CT molecular complexity index is 1340. The maximum atomic E-state index is 12.8. The highest BCUT2D eigenvalue weighted by molar-refractivity contribution is 5.90. The number of pyridine rings is 1. The minimum Gasteiger partial charge on any atom is -0.496 e. The molecule has 1 saturated heterocycles. The first-order valence-corrected chi connectivity index (χ1v) is 12.8. The van der Waals surface area contributed by atoms with Gasteiger partial charge in [-0.05, 0) is 44.1 Å². The summed E-state index contributed by atoms with van der Waals surface area (Å²) < 4.78 is 11.4. The van der Waals surface area contributed by atoms with Crippen LogP contribution in [0, 0.1) is 29.1 Å². The molecule has 2 saturated carbocycles. The summed E-state index contributed by atoms with van der Waals surface area (Å²) in [6, 6.07) is 4.23. The molecule has 37 heavy (non-hydrogen) atoms. The molecule has 12 nitrogen and oxygen atoms in total. The number of hydrogen-bond acceptors (Lipinski definition) is 10. The van der Waals surface area contributed by atoms with E-state index < -0.39 is 0 Å². The Balaban J connectivity index is 1.18. The van der Waals surface area contributed by atoms with Crippen LogP contribution in [0.3, 0.4) is 0 Å². The fourth-order valence-electron chi connectivity index (χ4n) is 4.84. The van der Waals surface area contributed by atoms with E-state index in [-0.39, 0.29) is 35.5 Å². The second-order valence-corrected chi connectivity index (χ2v) is 10.0. The summed E-state index contributed by atoms with van der Waals surface area (Å²) in [7, 11) is 1.65. The van der Waals surface area contributed by atoms with Crippen LogP contribution in [-0.2, 0) is 0 Å². The normalized spacial score (nSPS) is 21.5. The molecule has 2 atom stereocenters. The first-order valence-electron chi connectivity index (χ1n) is 12.8. The lowest BCUT2D eigenvalue weighted by molar-refractivity contribution is 0.0939. The first kappa shape index (κ1) is 23.4. The van der Waals surface area contributed by atoms with Crippen LogP contribution in [0.4, 0.5) is 5.95 Å². The number of anilines is 1. The van der Waals surface area contributed by atoms with Gasteiger partial charge in [0.2, 0.25) is 11.8 Å². The number of ether oxygens (including phenoxy) is 2. The Labute approximate surface area is 213 Å². The van der Waals surface area contributed by atoms with E-state index in [1.54, 1.807) is 13.3 Å². The van der Waals surface area contributed by atoms with Gasteiger partial charge >= 0.3 is 6.01 Å². The quantitative estimate of drug-likeness (QED) is 0.444. The van der Waals surface area contributed by atoms with Crippen molar-refractivity contribution in [1.29, 1.82) is 5.26 Å². The van der Waals surface area contributed by atoms with Crippen LogP contribution in [0.1, 0.15) is 54.3 Å². The number of fused-ring (bicyclic) bond motifs is 1. The second kappa shape index (κ2) is 9.80. The van der Waals surface area contributed by atoms with Crippen molar-refractivity contribution in [2.45, 2.75) is 38.0 Å². The average Bonchev–Trinajstić information content (AvgIpc) is 3.87. The number of aromatic nitrogens is 6. The summed E-state index contributed by atoms with van der Waals surface area (Å²) in [6.45, 7) is 2.37. The van der Waals surface area contributed by atoms with Crippen molar-refractivity contribution in [2.75, 3.05) is 38.3 Å². The van der Waals surface area contributed by atoms with E-state index in [9.17, 15) is 4.79 Å². The van der Waals surface area contributed by atoms with Gasteiger partial charge in [-0.25, -0.2) is 4.98 Å². The highest BCUT2D eigenvalue weighted by Crippen LogP contribution is 2.38. The zero-order valence-electron chi connectivity index (χ0n) is 20.7. The molecule has 3 fully saturated rings. The molecule has 0 spiro atoms. The number of H-pyrrole nitrogens is 1. The minimum absolute atomic E-state index is 0.0223. The topological polar surface area (TPSA) is 155 Å². The van der Waals surface area contributed by atoms with Gasteiger partial charge in [-0.3, -0.25) is 9.89 Å². The number of methoxy groups -OCH3 is 1. The molecule has 4 heterocycles. The molecule has 192 valence electrons. The van der Waals surface area contributed by atoms with Crippen molar-refractivity contribution >= 4 is 22.9 Å². The van der Waals surface area contributed by atoms with Gasteiger partial charge in [-0.1, -0.05) is 0 Å². The molecule has 2 N–H and O–H groups in total. The van der Waals surface area contributed by atoms with Crippen molar-refractivity contribution in [2.24, 2.45) is 17.8 Å². The van der Waals surface area contributed by atoms with Gasteiger partial charge in [0.05, 0.1) is 36.8 Å². The summed E-state index contributed by atoms with van der Waals surface area (Å²) in [5, 5.41) is 20.4. The van der Waals surface area contributed by atoms with Crippen LogP contribution in [-0.4, -0.2) is 69.4 Å². The Morgan fingerprint density at radius 1 is 1.24 bits per heavy atom. The van der Waals surface area contributed by atoms with Gasteiger partial charge in [0.15, 0.2) is 5.65 Å². The van der Waals surface area contributed by atoms with E-state index >= 15 is 0 Å². The molecular weight excluding hydrogens is 474 g/mol. The highest BCUT2D eigenvalue weighted by atomic mass is 16.5. The van der Waals surface area contributed by atoms with E-state index in [1.807, 2.05) is 6.07 Å². The van der Waals surface area contributed by atoms with Crippen molar-refractivity contribution in [3.8, 4) is 17.8 Å². The number of nitrogens with one attached hydrogen (secondary N) is 2. The second-order valence-electron chi connectivity index (χ2n) is 10.0. The van der Waals surface area contributed by atoms with Crippen LogP contribution in [0.2, 0.25) is 0 Å². The summed E-state index contributed by atoms with van der Waals surface area (Å²) in [6.07, 6.45) is 6.47. The lowest BCUT2D eigenvalue weighted by Gasteiger charge is -2.31. The number of piperidine rings is 1. The third kappa shape index (κ3) is 4.98. The molecule has 0 aromatic carbocycles. The van der Waals surface area contributed by atoms with Gasteiger partial charge in [0.25, 0.3) is 5.91 Å².